The molecule has 0 N–H and O–H groups in total. The highest BCUT2D eigenvalue weighted by atomic mass is 35.5. The summed E-state index contributed by atoms with van der Waals surface area (Å²) in [6.07, 6.45) is 0. The van der Waals surface area contributed by atoms with Gasteiger partial charge in [-0.1, -0.05) is 12.1 Å². The van der Waals surface area contributed by atoms with Crippen molar-refractivity contribution in [3.05, 3.63) is 52.5 Å². The lowest BCUT2D eigenvalue weighted by molar-refractivity contribution is -0.116. The summed E-state index contributed by atoms with van der Waals surface area (Å²) < 4.78 is 13.2. The molecule has 1 aromatic carbocycles. The molecule has 0 saturated heterocycles. The van der Waals surface area contributed by atoms with Gasteiger partial charge in [-0.2, -0.15) is 0 Å². The van der Waals surface area contributed by atoms with Crippen LogP contribution < -0.4 is 4.90 Å². The summed E-state index contributed by atoms with van der Waals surface area (Å²) in [6.45, 7) is 0.409. The summed E-state index contributed by atoms with van der Waals surface area (Å²) in [5.74, 6) is -0.733. The first-order valence-corrected chi connectivity index (χ1v) is 6.76. The largest absolute Gasteiger partial charge is 0.306 e. The molecule has 18 heavy (non-hydrogen) atoms. The topological polar surface area (TPSA) is 20.3 Å². The number of carbonyl (C=O) groups is 1. The van der Waals surface area contributed by atoms with Crippen molar-refractivity contribution in [1.29, 1.82) is 0 Å². The van der Waals surface area contributed by atoms with Gasteiger partial charge in [0.25, 0.3) is 0 Å². The highest BCUT2D eigenvalue weighted by molar-refractivity contribution is 7.09. The minimum Gasteiger partial charge on any atom is -0.306 e. The maximum Gasteiger partial charge on any atom is 0.242 e. The number of amides is 1. The molecule has 94 valence electrons. The average molecular weight is 284 g/mol. The highest BCUT2D eigenvalue weighted by Crippen LogP contribution is 2.21. The van der Waals surface area contributed by atoms with Gasteiger partial charge in [-0.25, -0.2) is 4.39 Å². The first-order valence-electron chi connectivity index (χ1n) is 5.35. The first-order chi connectivity index (χ1) is 8.70. The fraction of sp³-hybridized carbons (Fsp3) is 0.154. The molecule has 1 heterocycles. The Balaban J connectivity index is 2.28. The Morgan fingerprint density at radius 2 is 2.17 bits per heavy atom. The van der Waals surface area contributed by atoms with Crippen LogP contribution in [0.3, 0.4) is 0 Å². The summed E-state index contributed by atoms with van der Waals surface area (Å²) in [4.78, 5) is 14.3. The van der Waals surface area contributed by atoms with E-state index in [9.17, 15) is 9.18 Å². The zero-order valence-electron chi connectivity index (χ0n) is 9.48. The van der Waals surface area contributed by atoms with Crippen LogP contribution in [0, 0.1) is 5.82 Å². The van der Waals surface area contributed by atoms with E-state index in [2.05, 4.69) is 0 Å². The Labute approximate surface area is 114 Å². The average Bonchev–Trinajstić information content (AvgIpc) is 2.88. The molecule has 0 bridgehead atoms. The van der Waals surface area contributed by atoms with E-state index >= 15 is 0 Å². The van der Waals surface area contributed by atoms with Gasteiger partial charge in [0.05, 0.1) is 6.54 Å². The van der Waals surface area contributed by atoms with E-state index in [1.54, 1.807) is 23.5 Å². The summed E-state index contributed by atoms with van der Waals surface area (Å²) in [5.41, 5.74) is 0.522. The number of halogens is 2. The Morgan fingerprint density at radius 1 is 1.33 bits per heavy atom. The molecule has 5 heteroatoms. The second-order valence-corrected chi connectivity index (χ2v) is 4.97. The lowest BCUT2D eigenvalue weighted by Gasteiger charge is -2.21. The number of anilines is 1. The van der Waals surface area contributed by atoms with Crippen LogP contribution in [-0.2, 0) is 11.3 Å². The summed E-state index contributed by atoms with van der Waals surface area (Å²) in [5, 5.41) is 1.93. The van der Waals surface area contributed by atoms with Crippen molar-refractivity contribution in [2.45, 2.75) is 6.54 Å². The molecular formula is C13H11ClFNOS. The quantitative estimate of drug-likeness (QED) is 0.784. The molecule has 1 aromatic heterocycles. The standard InChI is InChI=1S/C13H11ClFNOS/c14-8-13(17)16(9-12-5-2-6-18-12)11-4-1-3-10(15)7-11/h1-7H,8-9H2. The molecule has 0 spiro atoms. The van der Waals surface area contributed by atoms with Gasteiger partial charge in [0, 0.05) is 10.6 Å². The van der Waals surface area contributed by atoms with Crippen LogP contribution in [-0.4, -0.2) is 11.8 Å². The highest BCUT2D eigenvalue weighted by Gasteiger charge is 2.16. The Bertz CT molecular complexity index is 530. The molecule has 0 aliphatic rings. The van der Waals surface area contributed by atoms with Gasteiger partial charge in [0.1, 0.15) is 11.7 Å². The van der Waals surface area contributed by atoms with Crippen LogP contribution in [0.4, 0.5) is 10.1 Å². The zero-order chi connectivity index (χ0) is 13.0. The van der Waals surface area contributed by atoms with Crippen LogP contribution in [0.2, 0.25) is 0 Å². The number of alkyl halides is 1. The van der Waals surface area contributed by atoms with Crippen molar-refractivity contribution in [2.75, 3.05) is 10.8 Å². The van der Waals surface area contributed by atoms with E-state index < -0.39 is 0 Å². The maximum atomic E-state index is 13.2. The van der Waals surface area contributed by atoms with Crippen LogP contribution in [0.1, 0.15) is 4.88 Å². The van der Waals surface area contributed by atoms with Gasteiger partial charge in [-0.05, 0) is 29.6 Å². The third-order valence-corrected chi connectivity index (χ3v) is 3.52. The molecule has 0 aliphatic heterocycles. The number of carbonyl (C=O) groups excluding carboxylic acids is 1. The van der Waals surface area contributed by atoms with Crippen molar-refractivity contribution < 1.29 is 9.18 Å². The SMILES string of the molecule is O=C(CCl)N(Cc1cccs1)c1cccc(F)c1. The van der Waals surface area contributed by atoms with E-state index in [0.29, 0.717) is 12.2 Å². The number of nitrogens with zero attached hydrogens (tertiary/aromatic N) is 1. The smallest absolute Gasteiger partial charge is 0.242 e. The summed E-state index contributed by atoms with van der Waals surface area (Å²) in [6, 6.07) is 9.79. The van der Waals surface area contributed by atoms with Gasteiger partial charge in [0.15, 0.2) is 0 Å². The van der Waals surface area contributed by atoms with Gasteiger partial charge in [0.2, 0.25) is 5.91 Å². The minimum atomic E-state index is -0.369. The summed E-state index contributed by atoms with van der Waals surface area (Å²) >= 11 is 7.14. The molecule has 0 fully saturated rings. The predicted molar refractivity (Wildman–Crippen MR) is 72.6 cm³/mol. The van der Waals surface area contributed by atoms with Crippen molar-refractivity contribution in [3.8, 4) is 0 Å². The molecule has 0 radical (unpaired) electrons. The molecule has 0 aliphatic carbocycles. The van der Waals surface area contributed by atoms with Crippen molar-refractivity contribution in [3.63, 3.8) is 0 Å². The van der Waals surface area contributed by atoms with Gasteiger partial charge < -0.3 is 4.90 Å². The third-order valence-electron chi connectivity index (χ3n) is 2.43. The van der Waals surface area contributed by atoms with Gasteiger partial charge in [-0.3, -0.25) is 4.79 Å². The number of hydrogen-bond donors (Lipinski definition) is 0. The van der Waals surface area contributed by atoms with Crippen LogP contribution in [0.5, 0.6) is 0 Å². The molecule has 0 atom stereocenters. The Morgan fingerprint density at radius 3 is 2.78 bits per heavy atom. The molecule has 0 unspecified atom stereocenters. The fourth-order valence-corrected chi connectivity index (χ4v) is 2.43. The number of benzene rings is 1. The van der Waals surface area contributed by atoms with Gasteiger partial charge >= 0.3 is 0 Å². The lowest BCUT2D eigenvalue weighted by atomic mass is 10.2. The maximum absolute atomic E-state index is 13.2. The third kappa shape index (κ3) is 3.09. The fourth-order valence-electron chi connectivity index (χ4n) is 1.60. The monoisotopic (exact) mass is 283 g/mol. The van der Waals surface area contributed by atoms with E-state index in [0.717, 1.165) is 4.88 Å². The Hall–Kier alpha value is -1.39. The number of thiophene rings is 1. The molecule has 1 amide bonds. The molecule has 2 aromatic rings. The second-order valence-electron chi connectivity index (χ2n) is 3.67. The van der Waals surface area contributed by atoms with E-state index in [1.807, 2.05) is 17.5 Å². The zero-order valence-corrected chi connectivity index (χ0v) is 11.0. The summed E-state index contributed by atoms with van der Waals surface area (Å²) in [7, 11) is 0. The first kappa shape index (κ1) is 13.1. The van der Waals surface area contributed by atoms with Crippen molar-refractivity contribution >= 4 is 34.5 Å². The van der Waals surface area contributed by atoms with E-state index in [1.165, 1.54) is 17.0 Å². The van der Waals surface area contributed by atoms with Crippen LogP contribution in [0.25, 0.3) is 0 Å². The molecule has 2 rings (SSSR count). The van der Waals surface area contributed by atoms with E-state index in [4.69, 9.17) is 11.6 Å². The Kier molecular flexibility index (Phi) is 4.33. The van der Waals surface area contributed by atoms with Crippen LogP contribution >= 0.6 is 22.9 Å². The second kappa shape index (κ2) is 5.98. The molecule has 2 nitrogen and oxygen atoms in total. The normalized spacial score (nSPS) is 10.3. The lowest BCUT2D eigenvalue weighted by Crippen LogP contribution is -2.31. The van der Waals surface area contributed by atoms with Crippen molar-refractivity contribution in [2.24, 2.45) is 0 Å². The van der Waals surface area contributed by atoms with Crippen LogP contribution in [0.15, 0.2) is 41.8 Å². The van der Waals surface area contributed by atoms with Gasteiger partial charge in [-0.15, -0.1) is 22.9 Å². The molecule has 0 saturated carbocycles. The minimum absolute atomic E-state index is 0.123. The van der Waals surface area contributed by atoms with Crippen molar-refractivity contribution in [1.82, 2.24) is 0 Å². The predicted octanol–water partition coefficient (Wildman–Crippen LogP) is 3.66. The molecular weight excluding hydrogens is 273 g/mol. The van der Waals surface area contributed by atoms with E-state index in [-0.39, 0.29) is 17.6 Å². The number of hydrogen-bond acceptors (Lipinski definition) is 2. The number of rotatable bonds is 4.